The number of halogens is 1. The highest BCUT2D eigenvalue weighted by molar-refractivity contribution is 7.16. The number of allylic oxidation sites excluding steroid dienone is 9. The van der Waals surface area contributed by atoms with Crippen molar-refractivity contribution in [2.24, 2.45) is 5.10 Å². The smallest absolute Gasteiger partial charge is 0.220 e. The second-order valence-electron chi connectivity index (χ2n) is 12.2. The molecule has 3 aliphatic rings. The number of aryl methyl sites for hydroxylation is 1. The number of ketones is 2. The molecule has 0 atom stereocenters. The van der Waals surface area contributed by atoms with Crippen LogP contribution >= 0.6 is 22.9 Å². The number of para-hydroxylation sites is 1. The van der Waals surface area contributed by atoms with Gasteiger partial charge in [-0.05, 0) is 73.6 Å². The fourth-order valence-corrected chi connectivity index (χ4v) is 7.37. The summed E-state index contributed by atoms with van der Waals surface area (Å²) in [6.07, 6.45) is 15.9. The summed E-state index contributed by atoms with van der Waals surface area (Å²) < 4.78 is 12.2. The van der Waals surface area contributed by atoms with E-state index in [-0.39, 0.29) is 28.5 Å². The van der Waals surface area contributed by atoms with E-state index in [1.54, 1.807) is 22.9 Å². The van der Waals surface area contributed by atoms with Crippen LogP contribution in [0.3, 0.4) is 0 Å². The number of ether oxygens (including phenoxy) is 2. The molecule has 0 saturated carbocycles. The lowest BCUT2D eigenvalue weighted by molar-refractivity contribution is -0.114. The van der Waals surface area contributed by atoms with Gasteiger partial charge in [0.2, 0.25) is 11.6 Å². The number of nitrogens with zero attached hydrogens (tertiary/aromatic N) is 4. The summed E-state index contributed by atoms with van der Waals surface area (Å²) in [6, 6.07) is 12.1. The lowest BCUT2D eigenvalue weighted by Gasteiger charge is -2.29. The maximum Gasteiger partial charge on any atom is 0.220 e. The number of carbonyl (C=O) groups is 2. The van der Waals surface area contributed by atoms with Crippen LogP contribution in [0.4, 0.5) is 5.00 Å². The van der Waals surface area contributed by atoms with Gasteiger partial charge in [0.05, 0.1) is 36.9 Å². The fraction of sp³-hybridized carbons (Fsp3) is 0.184. The first-order chi connectivity index (χ1) is 24.0. The number of hydrazone groups is 1. The molecule has 2 heterocycles. The number of nitrogens with one attached hydrogen (secondary N) is 2. The van der Waals surface area contributed by atoms with E-state index in [2.05, 4.69) is 40.9 Å². The molecule has 10 nitrogen and oxygen atoms in total. The van der Waals surface area contributed by atoms with Gasteiger partial charge in [-0.1, -0.05) is 49.7 Å². The predicted molar refractivity (Wildman–Crippen MR) is 197 cm³/mol. The summed E-state index contributed by atoms with van der Waals surface area (Å²) in [5, 5.41) is 24.1. The Bertz CT molecular complexity index is 2200. The van der Waals surface area contributed by atoms with Crippen LogP contribution < -0.4 is 10.7 Å². The minimum atomic E-state index is -0.297. The van der Waals surface area contributed by atoms with Crippen LogP contribution in [0, 0.1) is 18.3 Å². The van der Waals surface area contributed by atoms with Crippen molar-refractivity contribution in [2.45, 2.75) is 32.6 Å². The van der Waals surface area contributed by atoms with Crippen molar-refractivity contribution in [3.05, 3.63) is 134 Å². The number of hydrogen-bond acceptors (Lipinski definition) is 10. The molecule has 0 saturated heterocycles. The Morgan fingerprint density at radius 1 is 1.04 bits per heavy atom. The summed E-state index contributed by atoms with van der Waals surface area (Å²) in [5.41, 5.74) is 8.58. The third-order valence-corrected chi connectivity index (χ3v) is 10.1. The van der Waals surface area contributed by atoms with E-state index < -0.39 is 0 Å². The van der Waals surface area contributed by atoms with Crippen LogP contribution in [0.15, 0.2) is 106 Å². The number of methoxy groups -OCH3 is 2. The van der Waals surface area contributed by atoms with Gasteiger partial charge in [0, 0.05) is 33.1 Å². The highest BCUT2D eigenvalue weighted by Gasteiger charge is 2.33. The summed E-state index contributed by atoms with van der Waals surface area (Å²) in [6.45, 7) is 6.24. The minimum Gasteiger partial charge on any atom is -0.493 e. The van der Waals surface area contributed by atoms with Crippen molar-refractivity contribution in [3.63, 3.8) is 0 Å². The number of hydrogen-bond donors (Lipinski definition) is 2. The van der Waals surface area contributed by atoms with Crippen molar-refractivity contribution in [1.82, 2.24) is 15.2 Å². The van der Waals surface area contributed by atoms with Gasteiger partial charge in [-0.2, -0.15) is 15.5 Å². The monoisotopic (exact) mass is 704 g/mol. The maximum absolute atomic E-state index is 12.3. The van der Waals surface area contributed by atoms with Gasteiger partial charge in [-0.15, -0.1) is 11.3 Å². The molecule has 6 rings (SSSR count). The van der Waals surface area contributed by atoms with E-state index in [0.717, 1.165) is 39.4 Å². The molecule has 0 aliphatic heterocycles. The molecular formula is C38H33ClN6O4S. The van der Waals surface area contributed by atoms with Gasteiger partial charge < -0.3 is 14.8 Å². The van der Waals surface area contributed by atoms with E-state index in [0.29, 0.717) is 32.8 Å². The number of fused-ring (bicyclic) bond motifs is 1. The SMILES string of the molecule is COC1=C/C(=C(\N/N=C2\C=CC(=O)C(OC)=C2)Nc2sc3c(c2C#N)C=C(/C=C\c2c(C)nn(-c4ccccc4)c2Cl)CC3(C)C)C=CC1=O. The average Bonchev–Trinajstić information content (AvgIpc) is 3.61. The van der Waals surface area contributed by atoms with Gasteiger partial charge in [0.1, 0.15) is 22.0 Å². The highest BCUT2D eigenvalue weighted by Crippen LogP contribution is 2.48. The summed E-state index contributed by atoms with van der Waals surface area (Å²) in [5.74, 6) is 0.156. The van der Waals surface area contributed by atoms with Crippen LogP contribution in [0.2, 0.25) is 5.15 Å². The Labute approximate surface area is 298 Å². The summed E-state index contributed by atoms with van der Waals surface area (Å²) in [7, 11) is 2.84. The Morgan fingerprint density at radius 2 is 1.74 bits per heavy atom. The average molecular weight is 705 g/mol. The predicted octanol–water partition coefficient (Wildman–Crippen LogP) is 7.45. The first-order valence-corrected chi connectivity index (χ1v) is 16.8. The van der Waals surface area contributed by atoms with Crippen LogP contribution in [0.25, 0.3) is 17.8 Å². The number of anilines is 1. The molecule has 2 N–H and O–H groups in total. The largest absolute Gasteiger partial charge is 0.493 e. The Hall–Kier alpha value is -5.70. The normalized spacial score (nSPS) is 18.3. The molecule has 0 radical (unpaired) electrons. The summed E-state index contributed by atoms with van der Waals surface area (Å²) in [4.78, 5) is 25.4. The Balaban J connectivity index is 1.37. The molecule has 1 aromatic carbocycles. The van der Waals surface area contributed by atoms with E-state index in [1.165, 1.54) is 43.8 Å². The van der Waals surface area contributed by atoms with Gasteiger partial charge in [-0.25, -0.2) is 4.68 Å². The molecule has 0 bridgehead atoms. The topological polar surface area (TPSA) is 131 Å². The number of benzene rings is 1. The highest BCUT2D eigenvalue weighted by atomic mass is 35.5. The maximum atomic E-state index is 12.3. The van der Waals surface area contributed by atoms with Gasteiger partial charge in [-0.3, -0.25) is 15.0 Å². The van der Waals surface area contributed by atoms with Crippen LogP contribution in [0.1, 0.15) is 47.5 Å². The molecule has 0 fully saturated rings. The fourth-order valence-electron chi connectivity index (χ4n) is 5.80. The molecule has 0 spiro atoms. The first-order valence-electron chi connectivity index (χ1n) is 15.6. The second kappa shape index (κ2) is 14.0. The lowest BCUT2D eigenvalue weighted by atomic mass is 9.77. The quantitative estimate of drug-likeness (QED) is 0.174. The molecule has 0 unspecified atom stereocenters. The zero-order valence-electron chi connectivity index (χ0n) is 28.0. The number of rotatable bonds is 9. The van der Waals surface area contributed by atoms with E-state index in [1.807, 2.05) is 55.5 Å². The first kappa shape index (κ1) is 34.2. The molecule has 252 valence electrons. The molecule has 3 aromatic rings. The number of nitriles is 1. The molecule has 50 heavy (non-hydrogen) atoms. The second-order valence-corrected chi connectivity index (χ2v) is 13.6. The van der Waals surface area contributed by atoms with Crippen molar-refractivity contribution >= 4 is 57.4 Å². The third kappa shape index (κ3) is 6.76. The molecule has 2 aromatic heterocycles. The number of thiophene rings is 1. The van der Waals surface area contributed by atoms with Crippen molar-refractivity contribution in [1.29, 1.82) is 5.26 Å². The van der Waals surface area contributed by atoms with E-state index in [9.17, 15) is 14.9 Å². The summed E-state index contributed by atoms with van der Waals surface area (Å²) >= 11 is 8.29. The minimum absolute atomic E-state index is 0.150. The standard InChI is InChI=1S/C38H33ClN6O4S/c1-22-27(35(39)45(44-22)26-9-7-6-8-10-26)14-11-23-17-28-29(21-40)37(50-34(28)38(2,3)20-23)41-36(24-12-15-30(46)32(18-24)48-4)43-42-25-13-16-31(47)33(19-25)49-5/h6-19,41,43H,20H2,1-5H3/b14-11-,36-24-,42-25+. The van der Waals surface area contributed by atoms with E-state index >= 15 is 0 Å². The zero-order valence-corrected chi connectivity index (χ0v) is 29.6. The Morgan fingerprint density at radius 3 is 2.44 bits per heavy atom. The number of aromatic nitrogens is 2. The van der Waals surface area contributed by atoms with Gasteiger partial charge >= 0.3 is 0 Å². The molecule has 12 heteroatoms. The van der Waals surface area contributed by atoms with Crippen molar-refractivity contribution in [2.75, 3.05) is 19.5 Å². The van der Waals surface area contributed by atoms with Crippen LogP contribution in [-0.4, -0.2) is 41.3 Å². The van der Waals surface area contributed by atoms with Crippen molar-refractivity contribution in [3.8, 4) is 11.8 Å². The number of carbonyl (C=O) groups excluding carboxylic acids is 2. The Kier molecular flexibility index (Phi) is 9.59. The van der Waals surface area contributed by atoms with Crippen LogP contribution in [-0.2, 0) is 24.5 Å². The third-order valence-electron chi connectivity index (χ3n) is 8.30. The van der Waals surface area contributed by atoms with Crippen LogP contribution in [0.5, 0.6) is 0 Å². The zero-order chi connectivity index (χ0) is 35.6. The molecule has 0 amide bonds. The van der Waals surface area contributed by atoms with Gasteiger partial charge in [0.25, 0.3) is 0 Å². The van der Waals surface area contributed by atoms with E-state index in [4.69, 9.17) is 21.1 Å². The molecular weight excluding hydrogens is 672 g/mol. The molecule has 3 aliphatic carbocycles. The lowest BCUT2D eigenvalue weighted by Crippen LogP contribution is -2.20. The van der Waals surface area contributed by atoms with Crippen molar-refractivity contribution < 1.29 is 19.1 Å². The van der Waals surface area contributed by atoms with Gasteiger partial charge in [0.15, 0.2) is 11.5 Å².